The molecule has 2 heterocycles. The van der Waals surface area contributed by atoms with E-state index >= 15 is 0 Å². The monoisotopic (exact) mass is 461 g/mol. The Bertz CT molecular complexity index is 1270. The fourth-order valence-corrected chi connectivity index (χ4v) is 4.90. The smallest absolute Gasteiger partial charge is 0.338 e. The zero-order valence-corrected chi connectivity index (χ0v) is 18.9. The average molecular weight is 461 g/mol. The number of benzene rings is 3. The number of cyclic esters (lactones) is 1. The van der Waals surface area contributed by atoms with Gasteiger partial charge in [0.05, 0.1) is 18.3 Å². The van der Waals surface area contributed by atoms with E-state index in [9.17, 15) is 14.0 Å². The highest BCUT2D eigenvalue weighted by Gasteiger charge is 2.59. The first-order chi connectivity index (χ1) is 16.3. The van der Waals surface area contributed by atoms with Crippen LogP contribution in [0.25, 0.3) is 0 Å². The third-order valence-corrected chi connectivity index (χ3v) is 6.46. The summed E-state index contributed by atoms with van der Waals surface area (Å²) in [5.74, 6) is -0.577. The van der Waals surface area contributed by atoms with Gasteiger partial charge in [-0.3, -0.25) is 4.79 Å². The number of rotatable bonds is 6. The van der Waals surface area contributed by atoms with E-state index in [4.69, 9.17) is 14.2 Å². The van der Waals surface area contributed by atoms with Gasteiger partial charge < -0.3 is 19.5 Å². The van der Waals surface area contributed by atoms with Gasteiger partial charge in [0.1, 0.15) is 18.2 Å². The number of nitrogens with one attached hydrogen (secondary N) is 1. The van der Waals surface area contributed by atoms with Crippen molar-refractivity contribution in [1.82, 2.24) is 0 Å². The van der Waals surface area contributed by atoms with Gasteiger partial charge in [-0.05, 0) is 48.9 Å². The summed E-state index contributed by atoms with van der Waals surface area (Å²) in [6, 6.07) is 18.9. The molecule has 3 aromatic carbocycles. The third-order valence-electron chi connectivity index (χ3n) is 6.46. The first-order valence-corrected chi connectivity index (χ1v) is 11.0. The largest absolute Gasteiger partial charge is 0.496 e. The third kappa shape index (κ3) is 3.82. The minimum absolute atomic E-state index is 0.182. The second-order valence-corrected chi connectivity index (χ2v) is 8.91. The molecule has 174 valence electrons. The van der Waals surface area contributed by atoms with Crippen LogP contribution in [0.2, 0.25) is 0 Å². The second kappa shape index (κ2) is 8.25. The van der Waals surface area contributed by atoms with Crippen LogP contribution >= 0.6 is 0 Å². The molecular weight excluding hydrogens is 437 g/mol. The molecule has 1 fully saturated rings. The van der Waals surface area contributed by atoms with Gasteiger partial charge in [0.15, 0.2) is 5.60 Å². The van der Waals surface area contributed by atoms with E-state index in [0.717, 1.165) is 11.1 Å². The standard InChI is InChI=1S/C27H24FNO5/c1-26(22-13-19(28)8-11-23(22)32-2)16-27(34-26,14-17-6-4-3-5-7-17)25(31)29-20-9-10-21-18(12-20)15-33-24(21)30/h3-13H,14-16H2,1-2H3,(H,29,31). The lowest BCUT2D eigenvalue weighted by molar-refractivity contribution is -0.258. The minimum atomic E-state index is -1.17. The van der Waals surface area contributed by atoms with Crippen molar-refractivity contribution < 1.29 is 28.2 Å². The number of methoxy groups -OCH3 is 1. The molecule has 5 rings (SSSR count). The number of anilines is 1. The number of fused-ring (bicyclic) bond motifs is 1. The van der Waals surface area contributed by atoms with Crippen LogP contribution in [-0.2, 0) is 32.9 Å². The molecule has 2 atom stereocenters. The molecule has 0 bridgehead atoms. The molecule has 3 aromatic rings. The summed E-state index contributed by atoms with van der Waals surface area (Å²) in [5, 5.41) is 2.94. The summed E-state index contributed by atoms with van der Waals surface area (Å²) in [5.41, 5.74) is 1.20. The fraction of sp³-hybridized carbons (Fsp3) is 0.259. The van der Waals surface area contributed by atoms with Gasteiger partial charge in [0, 0.05) is 29.7 Å². The van der Waals surface area contributed by atoms with Gasteiger partial charge in [-0.1, -0.05) is 30.3 Å². The predicted octanol–water partition coefficient (Wildman–Crippen LogP) is 4.76. The Labute approximate surface area is 196 Å². The maximum absolute atomic E-state index is 14.1. The van der Waals surface area contributed by atoms with Gasteiger partial charge in [-0.2, -0.15) is 0 Å². The quantitative estimate of drug-likeness (QED) is 0.536. The number of carbonyl (C=O) groups is 2. The normalized spacial score (nSPS) is 23.0. The van der Waals surface area contributed by atoms with Gasteiger partial charge >= 0.3 is 5.97 Å². The van der Waals surface area contributed by atoms with Gasteiger partial charge in [0.25, 0.3) is 5.91 Å². The van der Waals surface area contributed by atoms with E-state index < -0.39 is 17.0 Å². The van der Waals surface area contributed by atoms with Crippen molar-refractivity contribution in [2.45, 2.75) is 37.6 Å². The first-order valence-electron chi connectivity index (χ1n) is 11.0. The maximum atomic E-state index is 14.1. The van der Waals surface area contributed by atoms with E-state index in [1.54, 1.807) is 24.3 Å². The summed E-state index contributed by atoms with van der Waals surface area (Å²) >= 11 is 0. The molecule has 6 nitrogen and oxygen atoms in total. The molecule has 2 unspecified atom stereocenters. The summed E-state index contributed by atoms with van der Waals surface area (Å²) in [4.78, 5) is 25.3. The summed E-state index contributed by atoms with van der Waals surface area (Å²) in [7, 11) is 1.52. The molecule has 2 aliphatic heterocycles. The van der Waals surface area contributed by atoms with Crippen molar-refractivity contribution in [3.8, 4) is 5.75 Å². The van der Waals surface area contributed by atoms with Crippen LogP contribution in [0, 0.1) is 5.82 Å². The Morgan fingerprint density at radius 3 is 2.62 bits per heavy atom. The zero-order valence-electron chi connectivity index (χ0n) is 18.9. The molecule has 0 aliphatic carbocycles. The van der Waals surface area contributed by atoms with Crippen LogP contribution < -0.4 is 10.1 Å². The Morgan fingerprint density at radius 2 is 1.88 bits per heavy atom. The molecule has 0 spiro atoms. The van der Waals surface area contributed by atoms with Crippen LogP contribution in [0.3, 0.4) is 0 Å². The van der Waals surface area contributed by atoms with E-state index in [1.807, 2.05) is 37.3 Å². The predicted molar refractivity (Wildman–Crippen MR) is 123 cm³/mol. The molecule has 1 saturated heterocycles. The van der Waals surface area contributed by atoms with Gasteiger partial charge in [0.2, 0.25) is 0 Å². The average Bonchev–Trinajstić information content (AvgIpc) is 3.18. The highest BCUT2D eigenvalue weighted by atomic mass is 19.1. The molecule has 0 saturated carbocycles. The Morgan fingerprint density at radius 1 is 1.12 bits per heavy atom. The number of hydrogen-bond donors (Lipinski definition) is 1. The SMILES string of the molecule is COc1ccc(F)cc1C1(C)CC(Cc2ccccc2)(C(=O)Nc2ccc3c(c2)COC3=O)O1. The fourth-order valence-electron chi connectivity index (χ4n) is 4.90. The minimum Gasteiger partial charge on any atom is -0.496 e. The summed E-state index contributed by atoms with van der Waals surface area (Å²) in [6.07, 6.45) is 0.673. The highest BCUT2D eigenvalue weighted by molar-refractivity contribution is 6.00. The van der Waals surface area contributed by atoms with E-state index in [0.29, 0.717) is 35.4 Å². The maximum Gasteiger partial charge on any atom is 0.338 e. The number of amides is 1. The lowest BCUT2D eigenvalue weighted by atomic mass is 9.72. The van der Waals surface area contributed by atoms with Crippen molar-refractivity contribution in [2.24, 2.45) is 0 Å². The molecule has 0 radical (unpaired) electrons. The van der Waals surface area contributed by atoms with Gasteiger partial charge in [-0.15, -0.1) is 0 Å². The molecule has 1 amide bonds. The van der Waals surface area contributed by atoms with Crippen molar-refractivity contribution in [3.05, 3.63) is 94.8 Å². The van der Waals surface area contributed by atoms with Gasteiger partial charge in [-0.25, -0.2) is 9.18 Å². The molecule has 2 aliphatic rings. The second-order valence-electron chi connectivity index (χ2n) is 8.91. The Hall–Kier alpha value is -3.71. The van der Waals surface area contributed by atoms with Crippen LogP contribution in [-0.4, -0.2) is 24.6 Å². The first kappa shape index (κ1) is 22.1. The Kier molecular flexibility index (Phi) is 5.37. The molecule has 0 aromatic heterocycles. The van der Waals surface area contributed by atoms with Crippen LogP contribution in [0.1, 0.15) is 40.4 Å². The number of esters is 1. The number of hydrogen-bond acceptors (Lipinski definition) is 5. The van der Waals surface area contributed by atoms with Crippen molar-refractivity contribution in [1.29, 1.82) is 0 Å². The van der Waals surface area contributed by atoms with E-state index in [2.05, 4.69) is 5.32 Å². The lowest BCUT2D eigenvalue weighted by Gasteiger charge is -2.54. The molecular formula is C27H24FNO5. The number of halogens is 1. The zero-order chi connectivity index (χ0) is 23.9. The topological polar surface area (TPSA) is 73.9 Å². The van der Waals surface area contributed by atoms with E-state index in [1.165, 1.54) is 19.2 Å². The molecule has 7 heteroatoms. The molecule has 1 N–H and O–H groups in total. The summed E-state index contributed by atoms with van der Waals surface area (Å²) in [6.45, 7) is 2.01. The highest BCUT2D eigenvalue weighted by Crippen LogP contribution is 2.52. The van der Waals surface area contributed by atoms with Crippen molar-refractivity contribution in [2.75, 3.05) is 12.4 Å². The lowest BCUT2D eigenvalue weighted by Crippen LogP contribution is -2.63. The number of carbonyl (C=O) groups excluding carboxylic acids is 2. The van der Waals surface area contributed by atoms with Crippen molar-refractivity contribution >= 4 is 17.6 Å². The Balaban J connectivity index is 1.44. The van der Waals surface area contributed by atoms with Crippen LogP contribution in [0.4, 0.5) is 10.1 Å². The molecule has 34 heavy (non-hydrogen) atoms. The van der Waals surface area contributed by atoms with Crippen molar-refractivity contribution in [3.63, 3.8) is 0 Å². The van der Waals surface area contributed by atoms with Crippen LogP contribution in [0.5, 0.6) is 5.75 Å². The van der Waals surface area contributed by atoms with Crippen LogP contribution in [0.15, 0.2) is 66.7 Å². The number of ether oxygens (including phenoxy) is 3. The van der Waals surface area contributed by atoms with E-state index in [-0.39, 0.29) is 18.5 Å². The summed E-state index contributed by atoms with van der Waals surface area (Å²) < 4.78 is 31.0.